The molecule has 5 aromatic rings. The number of benzene rings is 5. The molecule has 6 aliphatic carbocycles. The lowest BCUT2D eigenvalue weighted by Crippen LogP contribution is -2.57. The average Bonchev–Trinajstić information content (AvgIpc) is 3.20. The minimum atomic E-state index is -0.0536. The van der Waals surface area contributed by atoms with Crippen LogP contribution < -0.4 is 9.64 Å². The van der Waals surface area contributed by atoms with Crippen molar-refractivity contribution in [1.82, 2.24) is 0 Å². The molecule has 58 heavy (non-hydrogen) atoms. The Bertz CT molecular complexity index is 2350. The maximum atomic E-state index is 7.20. The van der Waals surface area contributed by atoms with E-state index in [2.05, 4.69) is 163 Å². The van der Waals surface area contributed by atoms with Crippen LogP contribution in [0.4, 0.5) is 17.1 Å². The van der Waals surface area contributed by atoms with Crippen molar-refractivity contribution in [2.45, 2.75) is 140 Å². The molecule has 0 atom stereocenters. The molecule has 4 bridgehead atoms. The number of rotatable bonds is 4. The Labute approximate surface area is 348 Å². The molecule has 2 heteroatoms. The second kappa shape index (κ2) is 12.4. The summed E-state index contributed by atoms with van der Waals surface area (Å²) in [5.74, 6) is 5.15. The molecule has 4 saturated carbocycles. The molecule has 4 fully saturated rings. The number of hydrogen-bond acceptors (Lipinski definition) is 2. The van der Waals surface area contributed by atoms with Crippen LogP contribution >= 0.6 is 0 Å². The van der Waals surface area contributed by atoms with Crippen LogP contribution in [0, 0.1) is 23.7 Å². The highest BCUT2D eigenvalue weighted by molar-refractivity contribution is 5.93. The second-order valence-electron chi connectivity index (χ2n) is 22.3. The maximum Gasteiger partial charge on any atom is 0.132 e. The second-order valence-corrected chi connectivity index (χ2v) is 22.3. The van der Waals surface area contributed by atoms with Crippen molar-refractivity contribution >= 4 is 17.1 Å². The summed E-state index contributed by atoms with van der Waals surface area (Å²) >= 11 is 0. The van der Waals surface area contributed by atoms with Gasteiger partial charge >= 0.3 is 0 Å². The Hall–Kier alpha value is -4.30. The fourth-order valence-corrected chi connectivity index (χ4v) is 14.1. The highest BCUT2D eigenvalue weighted by Gasteiger charge is 2.61. The standard InChI is InChI=1S/C56H63NO/c1-52(2)24-26-54(5,6)50-42(52)19-14-21-45(50)57(46-22-15-20-43-51(46)55(7,8)27-25-53(43,3)4)47-34-44-49(33-40(47)37-16-10-9-11-17-37)58-48-23-13-12-18-41(48)56(44)38-29-35-28-36(31-38)32-39(56)30-35/h9-23,33-36,38-39H,24-32H2,1-8H3. The van der Waals surface area contributed by atoms with Gasteiger partial charge < -0.3 is 9.64 Å². The van der Waals surface area contributed by atoms with Gasteiger partial charge in [-0.25, -0.2) is 0 Å². The average molecular weight is 766 g/mol. The maximum absolute atomic E-state index is 7.20. The monoisotopic (exact) mass is 765 g/mol. The smallest absolute Gasteiger partial charge is 0.132 e. The third kappa shape index (κ3) is 5.15. The molecule has 0 amide bonds. The molecule has 0 radical (unpaired) electrons. The van der Waals surface area contributed by atoms with E-state index in [9.17, 15) is 0 Å². The van der Waals surface area contributed by atoms with Gasteiger partial charge in [-0.15, -0.1) is 0 Å². The number of nitrogens with zero attached hydrogens (tertiary/aromatic N) is 1. The van der Waals surface area contributed by atoms with E-state index in [-0.39, 0.29) is 27.1 Å². The van der Waals surface area contributed by atoms with E-state index >= 15 is 0 Å². The predicted octanol–water partition coefficient (Wildman–Crippen LogP) is 15.4. The first-order valence-electron chi connectivity index (χ1n) is 22.8. The van der Waals surface area contributed by atoms with Crippen molar-refractivity contribution in [1.29, 1.82) is 0 Å². The molecule has 1 heterocycles. The molecule has 2 nitrogen and oxygen atoms in total. The molecule has 0 unspecified atom stereocenters. The van der Waals surface area contributed by atoms with Gasteiger partial charge in [-0.2, -0.15) is 0 Å². The van der Waals surface area contributed by atoms with Gasteiger partial charge in [-0.05, 0) is 161 Å². The van der Waals surface area contributed by atoms with Gasteiger partial charge in [0.2, 0.25) is 0 Å². The SMILES string of the molecule is CC1(C)CCC(C)(C)c2c(N(c3cc4c(cc3-c3ccccc3)Oc3ccccc3C43C4CC5CC(C4)CC3C5)c3cccc4c3C(C)(C)CCC4(C)C)cccc21. The minimum absolute atomic E-state index is 0.00907. The van der Waals surface area contributed by atoms with Crippen LogP contribution in [0.3, 0.4) is 0 Å². The first-order valence-corrected chi connectivity index (χ1v) is 22.8. The highest BCUT2D eigenvalue weighted by Crippen LogP contribution is 2.70. The molecule has 0 aromatic heterocycles. The first-order chi connectivity index (χ1) is 27.7. The van der Waals surface area contributed by atoms with E-state index in [4.69, 9.17) is 4.74 Å². The van der Waals surface area contributed by atoms with Gasteiger partial charge in [0.15, 0.2) is 0 Å². The zero-order valence-electron chi connectivity index (χ0n) is 36.3. The molecule has 5 aromatic carbocycles. The Morgan fingerprint density at radius 2 is 0.948 bits per heavy atom. The molecular formula is C56H63NO. The van der Waals surface area contributed by atoms with Crippen LogP contribution in [-0.4, -0.2) is 0 Å². The zero-order valence-corrected chi connectivity index (χ0v) is 36.3. The van der Waals surface area contributed by atoms with Crippen LogP contribution in [0.25, 0.3) is 11.1 Å². The summed E-state index contributed by atoms with van der Waals surface area (Å²) in [6, 6.07) is 40.1. The summed E-state index contributed by atoms with van der Waals surface area (Å²) < 4.78 is 7.20. The number of para-hydroxylation sites is 1. The summed E-state index contributed by atoms with van der Waals surface area (Å²) in [4.78, 5) is 2.79. The van der Waals surface area contributed by atoms with Gasteiger partial charge in [0.05, 0.1) is 17.1 Å². The summed E-state index contributed by atoms with van der Waals surface area (Å²) in [6.07, 6.45) is 11.5. The molecule has 1 spiro atoms. The molecule has 0 N–H and O–H groups in total. The van der Waals surface area contributed by atoms with E-state index in [1.165, 1.54) is 119 Å². The lowest BCUT2D eigenvalue weighted by Gasteiger charge is -2.63. The normalized spacial score (nSPS) is 28.5. The van der Waals surface area contributed by atoms with Crippen LogP contribution in [-0.2, 0) is 27.1 Å². The third-order valence-corrected chi connectivity index (χ3v) is 17.0. The summed E-state index contributed by atoms with van der Waals surface area (Å²) in [6.45, 7) is 19.9. The van der Waals surface area contributed by atoms with Gasteiger partial charge in [0, 0.05) is 22.1 Å². The number of fused-ring (bicyclic) bond motifs is 4. The zero-order chi connectivity index (χ0) is 40.0. The van der Waals surface area contributed by atoms with Crippen LogP contribution in [0.2, 0.25) is 0 Å². The Kier molecular flexibility index (Phi) is 7.84. The molecule has 0 saturated heterocycles. The van der Waals surface area contributed by atoms with E-state index < -0.39 is 0 Å². The summed E-state index contributed by atoms with van der Waals surface area (Å²) in [5.41, 5.74) is 15.5. The van der Waals surface area contributed by atoms with Crippen molar-refractivity contribution in [2.24, 2.45) is 23.7 Å². The van der Waals surface area contributed by atoms with Crippen molar-refractivity contribution in [3.8, 4) is 22.6 Å². The van der Waals surface area contributed by atoms with E-state index in [0.29, 0.717) is 11.8 Å². The van der Waals surface area contributed by atoms with Crippen molar-refractivity contribution in [2.75, 3.05) is 4.90 Å². The largest absolute Gasteiger partial charge is 0.457 e. The molecule has 7 aliphatic rings. The van der Waals surface area contributed by atoms with Crippen LogP contribution in [0.1, 0.15) is 147 Å². The number of anilines is 3. The predicted molar refractivity (Wildman–Crippen MR) is 241 cm³/mol. The van der Waals surface area contributed by atoms with Gasteiger partial charge in [-0.1, -0.05) is 128 Å². The summed E-state index contributed by atoms with van der Waals surface area (Å²) in [7, 11) is 0. The fraction of sp³-hybridized carbons (Fsp3) is 0.464. The number of ether oxygens (including phenoxy) is 1. The lowest BCUT2D eigenvalue weighted by atomic mass is 9.41. The number of hydrogen-bond donors (Lipinski definition) is 0. The minimum Gasteiger partial charge on any atom is -0.457 e. The topological polar surface area (TPSA) is 12.5 Å². The highest BCUT2D eigenvalue weighted by atomic mass is 16.5. The lowest BCUT2D eigenvalue weighted by molar-refractivity contribution is -0.0452. The van der Waals surface area contributed by atoms with Crippen molar-refractivity contribution in [3.63, 3.8) is 0 Å². The van der Waals surface area contributed by atoms with E-state index in [1.54, 1.807) is 0 Å². The Morgan fingerprint density at radius 3 is 1.52 bits per heavy atom. The van der Waals surface area contributed by atoms with E-state index in [0.717, 1.165) is 23.3 Å². The van der Waals surface area contributed by atoms with Gasteiger partial charge in [0.25, 0.3) is 0 Å². The van der Waals surface area contributed by atoms with Crippen LogP contribution in [0.5, 0.6) is 11.5 Å². The fourth-order valence-electron chi connectivity index (χ4n) is 14.1. The Morgan fingerprint density at radius 1 is 0.448 bits per heavy atom. The third-order valence-electron chi connectivity index (χ3n) is 17.0. The Balaban J connectivity index is 1.28. The quantitative estimate of drug-likeness (QED) is 0.181. The van der Waals surface area contributed by atoms with Gasteiger partial charge in [0.1, 0.15) is 11.5 Å². The first kappa shape index (κ1) is 36.8. The summed E-state index contributed by atoms with van der Waals surface area (Å²) in [5, 5.41) is 0. The van der Waals surface area contributed by atoms with Crippen molar-refractivity contribution < 1.29 is 4.74 Å². The molecule has 1 aliphatic heterocycles. The molecular weight excluding hydrogens is 703 g/mol. The molecule has 12 rings (SSSR count). The van der Waals surface area contributed by atoms with Crippen LogP contribution in [0.15, 0.2) is 103 Å². The van der Waals surface area contributed by atoms with E-state index in [1.807, 2.05) is 0 Å². The molecule has 298 valence electrons. The van der Waals surface area contributed by atoms with Crippen molar-refractivity contribution in [3.05, 3.63) is 137 Å². The van der Waals surface area contributed by atoms with Gasteiger partial charge in [-0.3, -0.25) is 0 Å².